The Morgan fingerprint density at radius 3 is 2.76 bits per heavy atom. The fraction of sp³-hybridized carbons (Fsp3) is 0.400. The molecule has 1 atom stereocenters. The van der Waals surface area contributed by atoms with Gasteiger partial charge in [-0.15, -0.1) is 0 Å². The maximum absolute atomic E-state index is 12.1. The third-order valence-electron chi connectivity index (χ3n) is 3.29. The molecule has 2 aromatic rings. The van der Waals surface area contributed by atoms with Crippen LogP contribution in [0.1, 0.15) is 38.3 Å². The average Bonchev–Trinajstić information content (AvgIpc) is 2.52. The van der Waals surface area contributed by atoms with E-state index in [0.717, 1.165) is 18.4 Å². The first-order chi connectivity index (χ1) is 10.1. The number of aryl methyl sites for hydroxylation is 1. The van der Waals surface area contributed by atoms with Crippen molar-refractivity contribution in [2.75, 3.05) is 5.32 Å². The van der Waals surface area contributed by atoms with Crippen molar-refractivity contribution in [3.05, 3.63) is 51.7 Å². The van der Waals surface area contributed by atoms with Crippen molar-refractivity contribution >= 4 is 17.3 Å². The Labute approximate surface area is 129 Å². The van der Waals surface area contributed by atoms with Crippen LogP contribution in [0.3, 0.4) is 0 Å². The highest BCUT2D eigenvalue weighted by Gasteiger charge is 2.12. The monoisotopic (exact) mass is 306 g/mol. The van der Waals surface area contributed by atoms with Crippen molar-refractivity contribution in [1.82, 2.24) is 14.8 Å². The average molecular weight is 307 g/mol. The molecule has 21 heavy (non-hydrogen) atoms. The molecule has 2 heterocycles. The lowest BCUT2D eigenvalue weighted by atomic mass is 10.1. The maximum Gasteiger partial charge on any atom is 0.287 e. The highest BCUT2D eigenvalue weighted by molar-refractivity contribution is 6.32. The lowest BCUT2D eigenvalue weighted by Gasteiger charge is -2.16. The Balaban J connectivity index is 2.18. The lowest BCUT2D eigenvalue weighted by Crippen LogP contribution is -2.24. The molecule has 1 N–H and O–H groups in total. The Hall–Kier alpha value is -1.88. The number of nitrogens with zero attached hydrogens (tertiary/aromatic N) is 3. The summed E-state index contributed by atoms with van der Waals surface area (Å²) in [6.45, 7) is 4.66. The van der Waals surface area contributed by atoms with Gasteiger partial charge in [0.25, 0.3) is 5.56 Å². The number of rotatable bonds is 6. The number of unbranched alkanes of at least 4 members (excludes halogenated alkanes) is 1. The molecule has 0 saturated heterocycles. The second-order valence-electron chi connectivity index (χ2n) is 4.90. The van der Waals surface area contributed by atoms with Gasteiger partial charge in [0.2, 0.25) is 0 Å². The molecule has 6 heteroatoms. The van der Waals surface area contributed by atoms with E-state index in [1.807, 2.05) is 19.1 Å². The standard InChI is InChI=1S/C15H19ClN4O/c1-3-4-9-20-15(21)14(16)13(10-18-20)19-11(2)12-5-7-17-8-6-12/h5-8,10-11,19H,3-4,9H2,1-2H3. The Morgan fingerprint density at radius 2 is 2.10 bits per heavy atom. The van der Waals surface area contributed by atoms with E-state index in [1.54, 1.807) is 18.6 Å². The highest BCUT2D eigenvalue weighted by atomic mass is 35.5. The molecule has 112 valence electrons. The molecule has 0 saturated carbocycles. The van der Waals surface area contributed by atoms with Crippen LogP contribution in [0.25, 0.3) is 0 Å². The van der Waals surface area contributed by atoms with Crippen LogP contribution in [0.4, 0.5) is 5.69 Å². The summed E-state index contributed by atoms with van der Waals surface area (Å²) < 4.78 is 1.41. The lowest BCUT2D eigenvalue weighted by molar-refractivity contribution is 0.543. The molecule has 0 amide bonds. The molecule has 0 aliphatic carbocycles. The van der Waals surface area contributed by atoms with E-state index < -0.39 is 0 Å². The summed E-state index contributed by atoms with van der Waals surface area (Å²) >= 11 is 6.16. The maximum atomic E-state index is 12.1. The second kappa shape index (κ2) is 7.22. The van der Waals surface area contributed by atoms with E-state index >= 15 is 0 Å². The van der Waals surface area contributed by atoms with E-state index in [2.05, 4.69) is 22.3 Å². The van der Waals surface area contributed by atoms with E-state index in [-0.39, 0.29) is 16.6 Å². The molecule has 1 unspecified atom stereocenters. The minimum atomic E-state index is -0.253. The van der Waals surface area contributed by atoms with Crippen LogP contribution in [0, 0.1) is 0 Å². The van der Waals surface area contributed by atoms with Crippen LogP contribution >= 0.6 is 11.6 Å². The number of hydrogen-bond acceptors (Lipinski definition) is 4. The number of halogens is 1. The molecular formula is C15H19ClN4O. The molecule has 0 spiro atoms. The van der Waals surface area contributed by atoms with Gasteiger partial charge in [0.05, 0.1) is 11.9 Å². The summed E-state index contributed by atoms with van der Waals surface area (Å²) in [6.07, 6.45) is 6.98. The van der Waals surface area contributed by atoms with E-state index in [9.17, 15) is 4.79 Å². The fourth-order valence-electron chi connectivity index (χ4n) is 2.00. The normalized spacial score (nSPS) is 12.1. The fourth-order valence-corrected chi connectivity index (χ4v) is 2.20. The van der Waals surface area contributed by atoms with Gasteiger partial charge in [-0.3, -0.25) is 9.78 Å². The van der Waals surface area contributed by atoms with Gasteiger partial charge >= 0.3 is 0 Å². The van der Waals surface area contributed by atoms with Crippen LogP contribution in [0.15, 0.2) is 35.5 Å². The molecular weight excluding hydrogens is 288 g/mol. The van der Waals surface area contributed by atoms with Gasteiger partial charge in [-0.1, -0.05) is 24.9 Å². The molecule has 0 bridgehead atoms. The zero-order valence-corrected chi connectivity index (χ0v) is 13.0. The third-order valence-corrected chi connectivity index (χ3v) is 3.65. The van der Waals surface area contributed by atoms with Crippen molar-refractivity contribution < 1.29 is 0 Å². The topological polar surface area (TPSA) is 59.8 Å². The van der Waals surface area contributed by atoms with Gasteiger partial charge in [0, 0.05) is 25.0 Å². The molecule has 0 aliphatic heterocycles. The summed E-state index contributed by atoms with van der Waals surface area (Å²) in [7, 11) is 0. The second-order valence-corrected chi connectivity index (χ2v) is 5.28. The predicted octanol–water partition coefficient (Wildman–Crippen LogP) is 3.26. The van der Waals surface area contributed by atoms with Crippen molar-refractivity contribution in [3.63, 3.8) is 0 Å². The number of nitrogens with one attached hydrogen (secondary N) is 1. The highest BCUT2D eigenvalue weighted by Crippen LogP contribution is 2.22. The van der Waals surface area contributed by atoms with Crippen LogP contribution in [0.2, 0.25) is 5.02 Å². The molecule has 2 aromatic heterocycles. The molecule has 2 rings (SSSR count). The van der Waals surface area contributed by atoms with Crippen molar-refractivity contribution in [2.24, 2.45) is 0 Å². The summed E-state index contributed by atoms with van der Waals surface area (Å²) in [5.74, 6) is 0. The summed E-state index contributed by atoms with van der Waals surface area (Å²) in [6, 6.07) is 3.85. The quantitative estimate of drug-likeness (QED) is 0.890. The number of pyridine rings is 1. The van der Waals surface area contributed by atoms with Gasteiger partial charge in [-0.05, 0) is 31.0 Å². The van der Waals surface area contributed by atoms with Crippen molar-refractivity contribution in [2.45, 2.75) is 39.3 Å². The summed E-state index contributed by atoms with van der Waals surface area (Å²) in [5, 5.41) is 7.57. The summed E-state index contributed by atoms with van der Waals surface area (Å²) in [4.78, 5) is 16.1. The molecule has 0 radical (unpaired) electrons. The van der Waals surface area contributed by atoms with Crippen LogP contribution < -0.4 is 10.9 Å². The minimum absolute atomic E-state index is 0.0122. The Kier molecular flexibility index (Phi) is 5.33. The van der Waals surface area contributed by atoms with Gasteiger partial charge in [0.1, 0.15) is 5.02 Å². The van der Waals surface area contributed by atoms with E-state index in [1.165, 1.54) is 4.68 Å². The summed E-state index contributed by atoms with van der Waals surface area (Å²) in [5.41, 5.74) is 1.37. The van der Waals surface area contributed by atoms with Crippen molar-refractivity contribution in [1.29, 1.82) is 0 Å². The zero-order chi connectivity index (χ0) is 15.2. The smallest absolute Gasteiger partial charge is 0.287 e. The molecule has 0 aromatic carbocycles. The first-order valence-corrected chi connectivity index (χ1v) is 7.43. The first-order valence-electron chi connectivity index (χ1n) is 7.05. The van der Waals surface area contributed by atoms with Crippen LogP contribution in [-0.2, 0) is 6.54 Å². The van der Waals surface area contributed by atoms with Crippen LogP contribution in [-0.4, -0.2) is 14.8 Å². The Bertz CT molecular complexity index is 642. The number of anilines is 1. The predicted molar refractivity (Wildman–Crippen MR) is 84.7 cm³/mol. The Morgan fingerprint density at radius 1 is 1.38 bits per heavy atom. The van der Waals surface area contributed by atoms with Gasteiger partial charge < -0.3 is 5.32 Å². The van der Waals surface area contributed by atoms with E-state index in [0.29, 0.717) is 12.2 Å². The minimum Gasteiger partial charge on any atom is -0.376 e. The number of aromatic nitrogens is 3. The first kappa shape index (κ1) is 15.5. The molecule has 0 fully saturated rings. The van der Waals surface area contributed by atoms with E-state index in [4.69, 9.17) is 11.6 Å². The third kappa shape index (κ3) is 3.82. The van der Waals surface area contributed by atoms with Crippen molar-refractivity contribution in [3.8, 4) is 0 Å². The zero-order valence-electron chi connectivity index (χ0n) is 12.2. The largest absolute Gasteiger partial charge is 0.376 e. The SMILES string of the molecule is CCCCn1ncc(NC(C)c2ccncc2)c(Cl)c1=O. The van der Waals surface area contributed by atoms with Gasteiger partial charge in [0.15, 0.2) is 0 Å². The van der Waals surface area contributed by atoms with Gasteiger partial charge in [-0.2, -0.15) is 5.10 Å². The van der Waals surface area contributed by atoms with Gasteiger partial charge in [-0.25, -0.2) is 4.68 Å². The van der Waals surface area contributed by atoms with Crippen LogP contribution in [0.5, 0.6) is 0 Å². The molecule has 0 aliphatic rings. The number of hydrogen-bond donors (Lipinski definition) is 1. The molecule has 5 nitrogen and oxygen atoms in total.